The number of hydrogen-bond donors (Lipinski definition) is 2. The highest BCUT2D eigenvalue weighted by molar-refractivity contribution is 6.31. The van der Waals surface area contributed by atoms with Crippen molar-refractivity contribution in [3.63, 3.8) is 0 Å². The third-order valence-electron chi connectivity index (χ3n) is 4.13. The number of aliphatic imine (C=N–C) groups is 1. The normalized spacial score (nSPS) is 10.9. The Morgan fingerprint density at radius 3 is 2.83 bits per heavy atom. The van der Waals surface area contributed by atoms with Crippen LogP contribution in [0.25, 0.3) is 10.9 Å². The number of benzene rings is 1. The largest absolute Gasteiger partial charge is 0.366 e. The van der Waals surface area contributed by atoms with Crippen LogP contribution in [0.15, 0.2) is 60.0 Å². The number of pyridine rings is 2. The molecular formula is C21H18ClN5O2. The molecule has 146 valence electrons. The average molecular weight is 408 g/mol. The zero-order valence-corrected chi connectivity index (χ0v) is 16.2. The number of fused-ring (bicyclic) bond motifs is 1. The maximum absolute atomic E-state index is 12.3. The smallest absolute Gasteiger partial charge is 0.251 e. The molecule has 3 rings (SSSR count). The summed E-state index contributed by atoms with van der Waals surface area (Å²) in [4.78, 5) is 36.2. The molecular weight excluding hydrogens is 390 g/mol. The van der Waals surface area contributed by atoms with Crippen LogP contribution in [-0.4, -0.2) is 35.0 Å². The van der Waals surface area contributed by atoms with E-state index in [1.807, 2.05) is 6.07 Å². The molecule has 0 saturated carbocycles. The van der Waals surface area contributed by atoms with Crippen molar-refractivity contribution in [2.75, 3.05) is 6.54 Å². The van der Waals surface area contributed by atoms with E-state index < -0.39 is 5.91 Å². The number of halogens is 1. The van der Waals surface area contributed by atoms with Crippen molar-refractivity contribution in [2.24, 2.45) is 10.7 Å². The molecule has 0 radical (unpaired) electrons. The molecule has 2 aromatic heterocycles. The molecule has 0 aliphatic rings. The van der Waals surface area contributed by atoms with Crippen LogP contribution in [0, 0.1) is 0 Å². The fourth-order valence-electron chi connectivity index (χ4n) is 2.88. The predicted molar refractivity (Wildman–Crippen MR) is 113 cm³/mol. The number of nitrogens with two attached hydrogens (primary N) is 1. The number of aromatic nitrogens is 2. The van der Waals surface area contributed by atoms with Crippen LogP contribution >= 0.6 is 11.6 Å². The van der Waals surface area contributed by atoms with Crippen LogP contribution < -0.4 is 11.1 Å². The molecule has 0 atom stereocenters. The monoisotopic (exact) mass is 407 g/mol. The summed E-state index contributed by atoms with van der Waals surface area (Å²) in [5.74, 6) is -0.801. The van der Waals surface area contributed by atoms with Gasteiger partial charge in [0.2, 0.25) is 0 Å². The summed E-state index contributed by atoms with van der Waals surface area (Å²) >= 11 is 6.03. The Bertz CT molecular complexity index is 1130. The number of carbonyl (C=O) groups is 2. The van der Waals surface area contributed by atoms with E-state index in [9.17, 15) is 9.59 Å². The van der Waals surface area contributed by atoms with Crippen molar-refractivity contribution in [1.29, 1.82) is 0 Å². The molecule has 1 aromatic carbocycles. The maximum atomic E-state index is 12.3. The summed E-state index contributed by atoms with van der Waals surface area (Å²) < 4.78 is 0. The van der Waals surface area contributed by atoms with Gasteiger partial charge in [-0.05, 0) is 48.7 Å². The minimum Gasteiger partial charge on any atom is -0.366 e. The fourth-order valence-corrected chi connectivity index (χ4v) is 3.05. The number of hydrogen-bond acceptors (Lipinski definition) is 5. The lowest BCUT2D eigenvalue weighted by Gasteiger charge is -2.09. The van der Waals surface area contributed by atoms with Crippen molar-refractivity contribution in [2.45, 2.75) is 6.42 Å². The summed E-state index contributed by atoms with van der Waals surface area (Å²) in [6.07, 6.45) is 6.64. The highest BCUT2D eigenvalue weighted by Crippen LogP contribution is 2.23. The standard InChI is InChI=1S/C21H18ClN5O2/c1-24-4-2-5-26-21(29)14-3-6-25-17(11-14)8-13-7-15-10-16(22)12-27-19(15)18(9-13)20(23)28/h2-4,6-7,9-12H,1,5,8H2,(H2,23,28)(H,26,29)/b4-2+. The molecule has 0 bridgehead atoms. The van der Waals surface area contributed by atoms with Crippen LogP contribution in [0.2, 0.25) is 5.02 Å². The first kappa shape index (κ1) is 20.2. The van der Waals surface area contributed by atoms with Gasteiger partial charge in [0.05, 0.1) is 16.1 Å². The molecule has 3 aromatic rings. The molecule has 2 heterocycles. The Balaban J connectivity index is 1.87. The Kier molecular flexibility index (Phi) is 6.31. The highest BCUT2D eigenvalue weighted by Gasteiger charge is 2.12. The number of primary amides is 1. The van der Waals surface area contributed by atoms with E-state index in [0.29, 0.717) is 45.7 Å². The minimum atomic E-state index is -0.574. The first-order valence-electron chi connectivity index (χ1n) is 8.70. The van der Waals surface area contributed by atoms with Gasteiger partial charge in [0.1, 0.15) is 0 Å². The van der Waals surface area contributed by atoms with Gasteiger partial charge in [-0.25, -0.2) is 0 Å². The first-order valence-corrected chi connectivity index (χ1v) is 9.07. The zero-order chi connectivity index (χ0) is 20.8. The Morgan fingerprint density at radius 1 is 1.24 bits per heavy atom. The second kappa shape index (κ2) is 9.07. The molecule has 0 unspecified atom stereocenters. The van der Waals surface area contributed by atoms with Gasteiger partial charge in [-0.3, -0.25) is 24.5 Å². The summed E-state index contributed by atoms with van der Waals surface area (Å²) in [5, 5.41) is 3.92. The van der Waals surface area contributed by atoms with Gasteiger partial charge in [0, 0.05) is 48.2 Å². The summed E-state index contributed by atoms with van der Waals surface area (Å²) in [6.45, 7) is 3.67. The van der Waals surface area contributed by atoms with Gasteiger partial charge < -0.3 is 11.1 Å². The van der Waals surface area contributed by atoms with E-state index in [0.717, 1.165) is 5.56 Å². The van der Waals surface area contributed by atoms with Crippen LogP contribution in [0.3, 0.4) is 0 Å². The van der Waals surface area contributed by atoms with Gasteiger partial charge in [0.25, 0.3) is 11.8 Å². The SMILES string of the molecule is C=N/C=C/CNC(=O)c1ccnc(Cc2cc(C(N)=O)c3ncc(Cl)cc3c2)c1. The molecule has 0 aliphatic heterocycles. The number of carbonyl (C=O) groups excluding carboxylic acids is 2. The van der Waals surface area contributed by atoms with Crippen molar-refractivity contribution >= 4 is 41.0 Å². The van der Waals surface area contributed by atoms with Gasteiger partial charge in [-0.15, -0.1) is 0 Å². The van der Waals surface area contributed by atoms with E-state index >= 15 is 0 Å². The van der Waals surface area contributed by atoms with Crippen LogP contribution in [0.1, 0.15) is 32.0 Å². The Morgan fingerprint density at radius 2 is 2.07 bits per heavy atom. The molecule has 0 spiro atoms. The Hall–Kier alpha value is -3.58. The van der Waals surface area contributed by atoms with Gasteiger partial charge in [-0.2, -0.15) is 0 Å². The molecule has 29 heavy (non-hydrogen) atoms. The minimum absolute atomic E-state index is 0.227. The third kappa shape index (κ3) is 5.03. The van der Waals surface area contributed by atoms with Crippen LogP contribution in [-0.2, 0) is 6.42 Å². The molecule has 0 aliphatic carbocycles. The topological polar surface area (TPSA) is 110 Å². The van der Waals surface area contributed by atoms with Gasteiger partial charge in [0.15, 0.2) is 0 Å². The van der Waals surface area contributed by atoms with Crippen molar-refractivity contribution < 1.29 is 9.59 Å². The first-order chi connectivity index (χ1) is 14.0. The lowest BCUT2D eigenvalue weighted by molar-refractivity contribution is 0.0956. The number of amides is 2. The lowest BCUT2D eigenvalue weighted by Crippen LogP contribution is -2.23. The zero-order valence-electron chi connectivity index (χ0n) is 15.4. The molecule has 0 fully saturated rings. The second-order valence-corrected chi connectivity index (χ2v) is 6.66. The van der Waals surface area contributed by atoms with Crippen molar-refractivity contribution in [1.82, 2.24) is 15.3 Å². The van der Waals surface area contributed by atoms with Crippen molar-refractivity contribution in [3.8, 4) is 0 Å². The number of nitrogens with one attached hydrogen (secondary N) is 1. The van der Waals surface area contributed by atoms with Crippen LogP contribution in [0.5, 0.6) is 0 Å². The second-order valence-electron chi connectivity index (χ2n) is 6.22. The number of nitrogens with zero attached hydrogens (tertiary/aromatic N) is 3. The molecule has 7 nitrogen and oxygen atoms in total. The fraction of sp³-hybridized carbons (Fsp3) is 0.0952. The highest BCUT2D eigenvalue weighted by atomic mass is 35.5. The molecule has 0 saturated heterocycles. The van der Waals surface area contributed by atoms with Crippen LogP contribution in [0.4, 0.5) is 0 Å². The summed E-state index contributed by atoms with van der Waals surface area (Å²) in [5.41, 5.74) is 8.28. The van der Waals surface area contributed by atoms with E-state index in [2.05, 4.69) is 27.0 Å². The van der Waals surface area contributed by atoms with Gasteiger partial charge >= 0.3 is 0 Å². The van der Waals surface area contributed by atoms with E-state index in [4.69, 9.17) is 17.3 Å². The number of rotatable bonds is 7. The molecule has 2 amide bonds. The molecule has 8 heteroatoms. The van der Waals surface area contributed by atoms with Gasteiger partial charge in [-0.1, -0.05) is 11.6 Å². The quantitative estimate of drug-likeness (QED) is 0.586. The lowest BCUT2D eigenvalue weighted by atomic mass is 10.0. The van der Waals surface area contributed by atoms with E-state index in [-0.39, 0.29) is 5.91 Å². The summed E-state index contributed by atoms with van der Waals surface area (Å²) in [7, 11) is 0. The van der Waals surface area contributed by atoms with E-state index in [1.165, 1.54) is 12.4 Å². The Labute approximate surface area is 172 Å². The summed E-state index contributed by atoms with van der Waals surface area (Å²) in [6, 6.07) is 8.63. The maximum Gasteiger partial charge on any atom is 0.251 e. The van der Waals surface area contributed by atoms with Crippen molar-refractivity contribution in [3.05, 3.63) is 82.4 Å². The average Bonchev–Trinajstić information content (AvgIpc) is 2.70. The van der Waals surface area contributed by atoms with E-state index in [1.54, 1.807) is 36.5 Å². The molecule has 3 N–H and O–H groups in total. The predicted octanol–water partition coefficient (Wildman–Crippen LogP) is 2.92. The third-order valence-corrected chi connectivity index (χ3v) is 4.34.